The number of hydrogen-bond acceptors (Lipinski definition) is 4. The number of fused-ring (bicyclic) bond motifs is 2. The van der Waals surface area contributed by atoms with Crippen LogP contribution in [-0.4, -0.2) is 36.2 Å². The van der Waals surface area contributed by atoms with E-state index >= 15 is 0 Å². The summed E-state index contributed by atoms with van der Waals surface area (Å²) in [6, 6.07) is 14.6. The van der Waals surface area contributed by atoms with Gasteiger partial charge in [0.2, 0.25) is 12.5 Å². The van der Waals surface area contributed by atoms with E-state index in [0.717, 1.165) is 29.2 Å². The van der Waals surface area contributed by atoms with Crippen LogP contribution in [0.1, 0.15) is 39.5 Å². The fourth-order valence-corrected chi connectivity index (χ4v) is 4.29. The van der Waals surface area contributed by atoms with E-state index in [-0.39, 0.29) is 12.8 Å². The molecule has 2 aliphatic rings. The Morgan fingerprint density at radius 3 is 2.48 bits per heavy atom. The maximum Gasteiger partial charge on any atom is 0.338 e. The van der Waals surface area contributed by atoms with Crippen LogP contribution < -0.4 is 9.47 Å². The second-order valence-electron chi connectivity index (χ2n) is 7.92. The van der Waals surface area contributed by atoms with E-state index in [1.54, 1.807) is 19.1 Å². The van der Waals surface area contributed by atoms with Crippen LogP contribution >= 0.6 is 0 Å². The first-order valence-corrected chi connectivity index (χ1v) is 10.8. The van der Waals surface area contributed by atoms with Crippen molar-refractivity contribution in [2.45, 2.75) is 19.9 Å². The van der Waals surface area contributed by atoms with Gasteiger partial charge in [-0.1, -0.05) is 12.1 Å². The van der Waals surface area contributed by atoms with Gasteiger partial charge in [0.1, 0.15) is 18.2 Å². The summed E-state index contributed by atoms with van der Waals surface area (Å²) in [5.74, 6) is -0.337. The lowest BCUT2D eigenvalue weighted by molar-refractivity contribution is -0.544. The number of benzene rings is 3. The molecule has 0 atom stereocenters. The van der Waals surface area contributed by atoms with E-state index in [4.69, 9.17) is 14.2 Å². The van der Waals surface area contributed by atoms with Gasteiger partial charge >= 0.3 is 5.97 Å². The van der Waals surface area contributed by atoms with Gasteiger partial charge in [-0.2, -0.15) is 0 Å². The number of carbonyl (C=O) groups excluding carboxylic acids is 1. The minimum atomic E-state index is -0.627. The van der Waals surface area contributed by atoms with Gasteiger partial charge in [0.25, 0.3) is 0 Å². The molecule has 0 radical (unpaired) electrons. The molecule has 0 amide bonds. The molecule has 0 aliphatic carbocycles. The third kappa shape index (κ3) is 4.06. The van der Waals surface area contributed by atoms with Crippen LogP contribution in [0.4, 0.5) is 8.78 Å². The molecule has 33 heavy (non-hydrogen) atoms. The topological polar surface area (TPSA) is 47.8 Å². The Kier molecular flexibility index (Phi) is 5.54. The van der Waals surface area contributed by atoms with Crippen LogP contribution in [0, 0.1) is 11.6 Å². The van der Waals surface area contributed by atoms with Crippen molar-refractivity contribution in [1.29, 1.82) is 0 Å². The molecule has 0 fully saturated rings. The number of nitrogens with zero attached hydrogens (tertiary/aromatic N) is 1. The van der Waals surface area contributed by atoms with Crippen LogP contribution in [0.5, 0.6) is 11.5 Å². The van der Waals surface area contributed by atoms with Gasteiger partial charge in [0.15, 0.2) is 18.0 Å². The Hall–Kier alpha value is -3.74. The predicted octanol–water partition coefficient (Wildman–Crippen LogP) is 4.48. The van der Waals surface area contributed by atoms with Crippen molar-refractivity contribution in [2.75, 3.05) is 19.9 Å². The highest BCUT2D eigenvalue weighted by molar-refractivity contribution is 6.11. The van der Waals surface area contributed by atoms with Gasteiger partial charge in [-0.15, -0.1) is 0 Å². The summed E-state index contributed by atoms with van der Waals surface area (Å²) in [6.07, 6.45) is 0.735. The number of esters is 1. The minimum absolute atomic E-state index is 0.148. The molecule has 2 aliphatic heterocycles. The van der Waals surface area contributed by atoms with E-state index in [0.29, 0.717) is 48.0 Å². The molecular weight excluding hydrogens is 428 g/mol. The zero-order chi connectivity index (χ0) is 22.9. The second kappa shape index (κ2) is 8.65. The third-order valence-corrected chi connectivity index (χ3v) is 5.85. The highest BCUT2D eigenvalue weighted by Gasteiger charge is 2.32. The van der Waals surface area contributed by atoms with Crippen molar-refractivity contribution in [2.24, 2.45) is 0 Å². The van der Waals surface area contributed by atoms with Crippen molar-refractivity contribution in [3.05, 3.63) is 94.0 Å². The van der Waals surface area contributed by atoms with Crippen molar-refractivity contribution in [3.63, 3.8) is 0 Å². The Morgan fingerprint density at radius 1 is 1.00 bits per heavy atom. The fraction of sp³-hybridized carbons (Fsp3) is 0.231. The number of hydrogen-bond donors (Lipinski definition) is 0. The molecule has 5 rings (SSSR count). The largest absolute Gasteiger partial charge is 0.462 e. The number of rotatable bonds is 5. The Bertz CT molecular complexity index is 1270. The highest BCUT2D eigenvalue weighted by Crippen LogP contribution is 2.37. The molecule has 3 aromatic rings. The average Bonchev–Trinajstić information content (AvgIpc) is 3.26. The van der Waals surface area contributed by atoms with Crippen LogP contribution in [0.15, 0.2) is 54.6 Å². The normalized spacial score (nSPS) is 14.3. The summed E-state index contributed by atoms with van der Waals surface area (Å²) in [4.78, 5) is 11.9. The first-order valence-electron chi connectivity index (χ1n) is 10.8. The minimum Gasteiger partial charge on any atom is -0.462 e. The molecule has 168 valence electrons. The van der Waals surface area contributed by atoms with Gasteiger partial charge in [-0.3, -0.25) is 0 Å². The van der Waals surface area contributed by atoms with Crippen molar-refractivity contribution < 1.29 is 32.4 Å². The molecule has 0 spiro atoms. The molecule has 2 heterocycles. The zero-order valence-corrected chi connectivity index (χ0v) is 18.1. The van der Waals surface area contributed by atoms with Gasteiger partial charge in [-0.25, -0.2) is 18.2 Å². The number of ether oxygens (including phenoxy) is 3. The molecule has 0 N–H and O–H groups in total. The van der Waals surface area contributed by atoms with Gasteiger partial charge in [0.05, 0.1) is 23.3 Å². The number of carbonyl (C=O) groups is 1. The lowest BCUT2D eigenvalue weighted by Crippen LogP contribution is -2.31. The van der Waals surface area contributed by atoms with Crippen LogP contribution in [0.3, 0.4) is 0 Å². The van der Waals surface area contributed by atoms with Gasteiger partial charge in [-0.05, 0) is 48.9 Å². The summed E-state index contributed by atoms with van der Waals surface area (Å²) in [7, 11) is 0. The molecule has 7 heteroatoms. The van der Waals surface area contributed by atoms with Crippen LogP contribution in [0.25, 0.3) is 0 Å². The number of halogens is 2. The molecule has 0 saturated carbocycles. The zero-order valence-electron chi connectivity index (χ0n) is 18.1. The first-order chi connectivity index (χ1) is 16.0. The summed E-state index contributed by atoms with van der Waals surface area (Å²) >= 11 is 0. The summed E-state index contributed by atoms with van der Waals surface area (Å²) in [6.45, 7) is 3.35. The first kappa shape index (κ1) is 21.1. The molecule has 0 aromatic heterocycles. The Morgan fingerprint density at radius 2 is 1.76 bits per heavy atom. The Balaban J connectivity index is 1.58. The average molecular weight is 450 g/mol. The second-order valence-corrected chi connectivity index (χ2v) is 7.92. The maximum atomic E-state index is 14.9. The molecule has 5 nitrogen and oxygen atoms in total. The maximum absolute atomic E-state index is 14.9. The lowest BCUT2D eigenvalue weighted by atomic mass is 9.91. The van der Waals surface area contributed by atoms with Crippen molar-refractivity contribution in [1.82, 2.24) is 0 Å². The molecule has 3 aromatic carbocycles. The van der Waals surface area contributed by atoms with E-state index in [1.807, 2.05) is 24.3 Å². The third-order valence-electron chi connectivity index (χ3n) is 5.85. The molecule has 0 saturated heterocycles. The summed E-state index contributed by atoms with van der Waals surface area (Å²) in [5, 5.41) is 0. The smallest absolute Gasteiger partial charge is 0.338 e. The fourth-order valence-electron chi connectivity index (χ4n) is 4.29. The molecule has 0 unspecified atom stereocenters. The van der Waals surface area contributed by atoms with E-state index in [1.165, 1.54) is 12.1 Å². The van der Waals surface area contributed by atoms with Crippen LogP contribution in [-0.2, 0) is 17.7 Å². The Labute approximate surface area is 189 Å². The van der Waals surface area contributed by atoms with E-state index in [9.17, 15) is 13.6 Å². The quantitative estimate of drug-likeness (QED) is 0.425. The van der Waals surface area contributed by atoms with Gasteiger partial charge in [0, 0.05) is 18.1 Å². The highest BCUT2D eigenvalue weighted by atomic mass is 19.1. The molecule has 0 bridgehead atoms. The van der Waals surface area contributed by atoms with E-state index < -0.39 is 11.6 Å². The molecular formula is C26H22F2NO4+. The lowest BCUT2D eigenvalue weighted by Gasteiger charge is -2.20. The standard InChI is InChI=1S/C26H22F2NO4/c1-2-31-26(30)17-5-3-16(4-6-17)14-29-10-9-18-11-23-24(33-15-32-23)13-21(18)25(29)20-8-7-19(27)12-22(20)28/h3-8,11-13H,2,9-10,14-15H2,1H3/q+1. The van der Waals surface area contributed by atoms with Crippen molar-refractivity contribution >= 4 is 11.7 Å². The SMILES string of the molecule is CCOC(=O)c1ccc(C[N+]2=C(c3ccc(F)cc3F)c3cc4c(cc3CC2)OCO4)cc1. The predicted molar refractivity (Wildman–Crippen MR) is 117 cm³/mol. The summed E-state index contributed by atoms with van der Waals surface area (Å²) < 4.78 is 46.8. The van der Waals surface area contributed by atoms with Crippen LogP contribution in [0.2, 0.25) is 0 Å². The monoisotopic (exact) mass is 450 g/mol. The summed E-state index contributed by atoms with van der Waals surface area (Å²) in [5.41, 5.74) is 4.27. The van der Waals surface area contributed by atoms with Gasteiger partial charge < -0.3 is 14.2 Å². The van der Waals surface area contributed by atoms with E-state index in [2.05, 4.69) is 4.58 Å². The van der Waals surface area contributed by atoms with Crippen molar-refractivity contribution in [3.8, 4) is 11.5 Å².